The van der Waals surface area contributed by atoms with Crippen LogP contribution in [0.2, 0.25) is 0 Å². The van der Waals surface area contributed by atoms with Crippen LogP contribution in [0.15, 0.2) is 18.2 Å². The zero-order valence-corrected chi connectivity index (χ0v) is 11.8. The number of methoxy groups -OCH3 is 1. The van der Waals surface area contributed by atoms with Crippen molar-refractivity contribution in [1.82, 2.24) is 0 Å². The molecule has 0 radical (unpaired) electrons. The second-order valence-electron chi connectivity index (χ2n) is 3.44. The average molecular weight is 320 g/mol. The molecule has 0 N–H and O–H groups in total. The summed E-state index contributed by atoms with van der Waals surface area (Å²) in [4.78, 5) is 23.4. The molecule has 1 atom stereocenters. The second kappa shape index (κ2) is 6.17. The Bertz CT molecular complexity index is 443. The average Bonchev–Trinajstić information content (AvgIpc) is 2.35. The van der Waals surface area contributed by atoms with Crippen LogP contribution in [-0.2, 0) is 10.1 Å². The molecule has 0 heterocycles. The van der Waals surface area contributed by atoms with Gasteiger partial charge in [-0.05, 0) is 18.6 Å². The maximum absolute atomic E-state index is 11.9. The van der Waals surface area contributed by atoms with Crippen molar-refractivity contribution in [3.8, 4) is 0 Å². The van der Waals surface area contributed by atoms with E-state index in [1.54, 1.807) is 25.1 Å². The molecule has 0 saturated carbocycles. The van der Waals surface area contributed by atoms with Crippen LogP contribution in [0, 0.1) is 0 Å². The predicted molar refractivity (Wildman–Crippen MR) is 70.1 cm³/mol. The third-order valence-corrected chi connectivity index (χ3v) is 3.10. The highest BCUT2D eigenvalue weighted by molar-refractivity contribution is 9.08. The molecular weight excluding hydrogens is 307 g/mol. The molecule has 0 bridgehead atoms. The number of rotatable bonds is 4. The fourth-order valence-corrected chi connectivity index (χ4v) is 2.20. The van der Waals surface area contributed by atoms with Crippen LogP contribution in [0.25, 0.3) is 0 Å². The van der Waals surface area contributed by atoms with E-state index in [0.717, 1.165) is 0 Å². The molecule has 92 valence electrons. The Morgan fingerprint density at radius 1 is 1.41 bits per heavy atom. The van der Waals surface area contributed by atoms with Crippen molar-refractivity contribution in [2.75, 3.05) is 7.11 Å². The lowest BCUT2D eigenvalue weighted by atomic mass is 9.98. The lowest BCUT2D eigenvalue weighted by Gasteiger charge is -2.11. The summed E-state index contributed by atoms with van der Waals surface area (Å²) in [5.41, 5.74) is 1.44. The molecule has 0 aliphatic rings. The third kappa shape index (κ3) is 3.07. The third-order valence-electron chi connectivity index (χ3n) is 2.34. The second-order valence-corrected chi connectivity index (χ2v) is 4.65. The quantitative estimate of drug-likeness (QED) is 0.486. The molecule has 5 heteroatoms. The van der Waals surface area contributed by atoms with E-state index in [-0.39, 0.29) is 5.78 Å². The number of ether oxygens (including phenoxy) is 1. The zero-order valence-electron chi connectivity index (χ0n) is 9.50. The first-order valence-corrected chi connectivity index (χ1v) is 6.53. The van der Waals surface area contributed by atoms with Crippen molar-refractivity contribution in [2.24, 2.45) is 0 Å². The molecule has 1 unspecified atom stereocenters. The number of carbonyl (C=O) groups is 2. The number of Topliss-reactive ketones (excluding diaryl/α,β-unsaturated/α-hetero) is 1. The standard InChI is InChI=1S/C12H12BrClO3/c1-7(14)11(15)8-4-3-5-9(10(8)6-13)12(16)17-2/h3-5,7H,6H2,1-2H3. The lowest BCUT2D eigenvalue weighted by molar-refractivity contribution is 0.0600. The molecule has 0 amide bonds. The fraction of sp³-hybridized carbons (Fsp3) is 0.333. The van der Waals surface area contributed by atoms with Gasteiger partial charge in [-0.15, -0.1) is 11.6 Å². The lowest BCUT2D eigenvalue weighted by Crippen LogP contribution is -2.15. The van der Waals surface area contributed by atoms with Crippen molar-refractivity contribution < 1.29 is 14.3 Å². The first-order valence-electron chi connectivity index (χ1n) is 4.97. The summed E-state index contributed by atoms with van der Waals surface area (Å²) in [5, 5.41) is -0.233. The molecule has 3 nitrogen and oxygen atoms in total. The molecule has 1 aromatic carbocycles. The topological polar surface area (TPSA) is 43.4 Å². The maximum Gasteiger partial charge on any atom is 0.338 e. The number of hydrogen-bond donors (Lipinski definition) is 0. The van der Waals surface area contributed by atoms with E-state index in [1.165, 1.54) is 7.11 Å². The SMILES string of the molecule is COC(=O)c1cccc(C(=O)C(C)Cl)c1CBr. The molecule has 0 spiro atoms. The van der Waals surface area contributed by atoms with Gasteiger partial charge in [0.1, 0.15) is 0 Å². The van der Waals surface area contributed by atoms with Crippen molar-refractivity contribution in [1.29, 1.82) is 0 Å². The highest BCUT2D eigenvalue weighted by Crippen LogP contribution is 2.21. The summed E-state index contributed by atoms with van der Waals surface area (Å²) in [6.07, 6.45) is 0. The number of carbonyl (C=O) groups excluding carboxylic acids is 2. The van der Waals surface area contributed by atoms with Gasteiger partial charge in [-0.3, -0.25) is 4.79 Å². The van der Waals surface area contributed by atoms with Crippen LogP contribution in [0.4, 0.5) is 0 Å². The molecule has 17 heavy (non-hydrogen) atoms. The highest BCUT2D eigenvalue weighted by atomic mass is 79.9. The van der Waals surface area contributed by atoms with E-state index < -0.39 is 11.3 Å². The molecule has 1 aromatic rings. The first kappa shape index (κ1) is 14.2. The molecule has 0 aliphatic heterocycles. The first-order chi connectivity index (χ1) is 8.02. The van der Waals surface area contributed by atoms with Crippen molar-refractivity contribution >= 4 is 39.3 Å². The summed E-state index contributed by atoms with van der Waals surface area (Å²) in [6, 6.07) is 4.92. The van der Waals surface area contributed by atoms with Crippen LogP contribution in [0.3, 0.4) is 0 Å². The smallest absolute Gasteiger partial charge is 0.338 e. The number of ketones is 1. The van der Waals surface area contributed by atoms with Crippen molar-refractivity contribution in [3.05, 3.63) is 34.9 Å². The van der Waals surface area contributed by atoms with Gasteiger partial charge in [0.05, 0.1) is 18.1 Å². The summed E-state index contributed by atoms with van der Waals surface area (Å²) in [7, 11) is 1.30. The Balaban J connectivity index is 3.33. The van der Waals surface area contributed by atoms with Gasteiger partial charge in [0.2, 0.25) is 0 Å². The predicted octanol–water partition coefficient (Wildman–Crippen LogP) is 3.18. The van der Waals surface area contributed by atoms with Crippen LogP contribution in [0.1, 0.15) is 33.2 Å². The van der Waals surface area contributed by atoms with Crippen LogP contribution >= 0.6 is 27.5 Å². The van der Waals surface area contributed by atoms with Gasteiger partial charge in [0, 0.05) is 10.9 Å². The van der Waals surface area contributed by atoms with E-state index in [0.29, 0.717) is 22.0 Å². The minimum atomic E-state index is -0.624. The number of benzene rings is 1. The molecule has 0 aromatic heterocycles. The Labute approximate surface area is 113 Å². The van der Waals surface area contributed by atoms with E-state index in [4.69, 9.17) is 11.6 Å². The Hall–Kier alpha value is -0.870. The monoisotopic (exact) mass is 318 g/mol. The minimum Gasteiger partial charge on any atom is -0.465 e. The molecule has 0 aliphatic carbocycles. The number of halogens is 2. The van der Waals surface area contributed by atoms with Gasteiger partial charge in [-0.1, -0.05) is 28.1 Å². The largest absolute Gasteiger partial charge is 0.465 e. The Morgan fingerprint density at radius 3 is 2.47 bits per heavy atom. The summed E-state index contributed by atoms with van der Waals surface area (Å²) >= 11 is 9.05. The van der Waals surface area contributed by atoms with Crippen LogP contribution in [-0.4, -0.2) is 24.2 Å². The van der Waals surface area contributed by atoms with Gasteiger partial charge < -0.3 is 4.74 Å². The minimum absolute atomic E-state index is 0.202. The summed E-state index contributed by atoms with van der Waals surface area (Å²) < 4.78 is 4.67. The van der Waals surface area contributed by atoms with Gasteiger partial charge >= 0.3 is 5.97 Å². The summed E-state index contributed by atoms with van der Waals surface area (Å²) in [6.45, 7) is 1.60. The molecule has 1 rings (SSSR count). The van der Waals surface area contributed by atoms with Crippen molar-refractivity contribution in [2.45, 2.75) is 17.6 Å². The number of esters is 1. The van der Waals surface area contributed by atoms with Crippen LogP contribution in [0.5, 0.6) is 0 Å². The summed E-state index contributed by atoms with van der Waals surface area (Å²) in [5.74, 6) is -0.664. The Kier molecular flexibility index (Phi) is 5.15. The van der Waals surface area contributed by atoms with Gasteiger partial charge in [-0.25, -0.2) is 4.79 Å². The van der Waals surface area contributed by atoms with E-state index in [2.05, 4.69) is 20.7 Å². The normalized spacial score (nSPS) is 12.0. The maximum atomic E-state index is 11.9. The van der Waals surface area contributed by atoms with Gasteiger partial charge in [0.15, 0.2) is 5.78 Å². The Morgan fingerprint density at radius 2 is 2.00 bits per heavy atom. The van der Waals surface area contributed by atoms with E-state index in [9.17, 15) is 9.59 Å². The van der Waals surface area contributed by atoms with Gasteiger partial charge in [-0.2, -0.15) is 0 Å². The van der Waals surface area contributed by atoms with Crippen LogP contribution < -0.4 is 0 Å². The van der Waals surface area contributed by atoms with E-state index >= 15 is 0 Å². The number of alkyl halides is 2. The van der Waals surface area contributed by atoms with E-state index in [1.807, 2.05) is 0 Å². The fourth-order valence-electron chi connectivity index (χ4n) is 1.48. The van der Waals surface area contributed by atoms with Gasteiger partial charge in [0.25, 0.3) is 0 Å². The molecular formula is C12H12BrClO3. The zero-order chi connectivity index (χ0) is 13.0. The molecule has 0 saturated heterocycles. The van der Waals surface area contributed by atoms with Crippen molar-refractivity contribution in [3.63, 3.8) is 0 Å². The molecule has 0 fully saturated rings. The highest BCUT2D eigenvalue weighted by Gasteiger charge is 2.20. The number of hydrogen-bond acceptors (Lipinski definition) is 3.